The van der Waals surface area contributed by atoms with Gasteiger partial charge < -0.3 is 20.7 Å². The first-order chi connectivity index (χ1) is 10.2. The minimum atomic E-state index is -0.113. The number of nitrogens with one attached hydrogen (secondary N) is 3. The van der Waals surface area contributed by atoms with E-state index in [0.717, 1.165) is 5.56 Å². The molecule has 6 nitrogen and oxygen atoms in total. The van der Waals surface area contributed by atoms with E-state index in [2.05, 4.69) is 20.9 Å². The zero-order chi connectivity index (χ0) is 15.5. The van der Waals surface area contributed by atoms with Crippen molar-refractivity contribution in [3.63, 3.8) is 0 Å². The van der Waals surface area contributed by atoms with Gasteiger partial charge in [-0.1, -0.05) is 23.7 Å². The molecule has 21 heavy (non-hydrogen) atoms. The molecular weight excluding hydrogens is 292 g/mol. The van der Waals surface area contributed by atoms with Gasteiger partial charge in [0, 0.05) is 32.3 Å². The molecule has 0 saturated heterocycles. The van der Waals surface area contributed by atoms with Crippen molar-refractivity contribution in [3.05, 3.63) is 34.9 Å². The van der Waals surface area contributed by atoms with Crippen molar-refractivity contribution >= 4 is 23.5 Å². The number of carbonyl (C=O) groups excluding carboxylic acids is 1. The molecule has 0 aliphatic heterocycles. The van der Waals surface area contributed by atoms with Crippen molar-refractivity contribution in [1.29, 1.82) is 0 Å². The highest BCUT2D eigenvalue weighted by molar-refractivity contribution is 6.30. The lowest BCUT2D eigenvalue weighted by molar-refractivity contribution is -0.120. The molecule has 1 amide bonds. The quantitative estimate of drug-likeness (QED) is 0.395. The van der Waals surface area contributed by atoms with Crippen LogP contribution in [-0.4, -0.2) is 45.7 Å². The Bertz CT molecular complexity index is 480. The van der Waals surface area contributed by atoms with Crippen LogP contribution in [-0.2, 0) is 16.1 Å². The SMILES string of the molecule is CN=C(NCC(=O)NCCOC)NCc1cccc(Cl)c1. The number of guanidine groups is 1. The summed E-state index contributed by atoms with van der Waals surface area (Å²) in [6.07, 6.45) is 0. The van der Waals surface area contributed by atoms with Crippen LogP contribution in [0.15, 0.2) is 29.3 Å². The number of rotatable bonds is 7. The molecule has 0 radical (unpaired) electrons. The molecule has 0 atom stereocenters. The van der Waals surface area contributed by atoms with Gasteiger partial charge in [-0.2, -0.15) is 0 Å². The fraction of sp³-hybridized carbons (Fsp3) is 0.429. The Morgan fingerprint density at radius 1 is 1.33 bits per heavy atom. The number of ether oxygens (including phenoxy) is 1. The van der Waals surface area contributed by atoms with Gasteiger partial charge in [0.15, 0.2) is 5.96 Å². The van der Waals surface area contributed by atoms with Crippen molar-refractivity contribution in [2.75, 3.05) is 33.9 Å². The first-order valence-corrected chi connectivity index (χ1v) is 6.98. The highest BCUT2D eigenvalue weighted by atomic mass is 35.5. The predicted octanol–water partition coefficient (Wildman–Crippen LogP) is 0.768. The van der Waals surface area contributed by atoms with E-state index in [4.69, 9.17) is 16.3 Å². The third-order valence-corrected chi connectivity index (χ3v) is 2.85. The number of aliphatic imine (C=N–C) groups is 1. The molecule has 116 valence electrons. The van der Waals surface area contributed by atoms with Crippen LogP contribution >= 0.6 is 11.6 Å². The van der Waals surface area contributed by atoms with E-state index in [-0.39, 0.29) is 12.5 Å². The molecule has 7 heteroatoms. The summed E-state index contributed by atoms with van der Waals surface area (Å²) in [5, 5.41) is 9.45. The molecule has 1 aromatic carbocycles. The van der Waals surface area contributed by atoms with Gasteiger partial charge >= 0.3 is 0 Å². The largest absolute Gasteiger partial charge is 0.383 e. The highest BCUT2D eigenvalue weighted by Gasteiger charge is 2.03. The van der Waals surface area contributed by atoms with E-state index in [1.807, 2.05) is 24.3 Å². The van der Waals surface area contributed by atoms with E-state index in [1.54, 1.807) is 14.2 Å². The monoisotopic (exact) mass is 312 g/mol. The van der Waals surface area contributed by atoms with Crippen LogP contribution in [0.4, 0.5) is 0 Å². The summed E-state index contributed by atoms with van der Waals surface area (Å²) in [4.78, 5) is 15.6. The Labute approximate surface area is 129 Å². The molecule has 0 aliphatic carbocycles. The Morgan fingerprint density at radius 3 is 2.81 bits per heavy atom. The fourth-order valence-electron chi connectivity index (χ4n) is 1.57. The number of hydrogen-bond donors (Lipinski definition) is 3. The molecule has 0 fully saturated rings. The lowest BCUT2D eigenvalue weighted by Crippen LogP contribution is -2.43. The first kappa shape index (κ1) is 17.3. The van der Waals surface area contributed by atoms with Crippen LogP contribution in [0.25, 0.3) is 0 Å². The summed E-state index contributed by atoms with van der Waals surface area (Å²) in [5.41, 5.74) is 1.04. The van der Waals surface area contributed by atoms with Crippen molar-refractivity contribution in [1.82, 2.24) is 16.0 Å². The number of hydrogen-bond acceptors (Lipinski definition) is 3. The van der Waals surface area contributed by atoms with E-state index in [1.165, 1.54) is 0 Å². The third-order valence-electron chi connectivity index (χ3n) is 2.62. The van der Waals surface area contributed by atoms with Gasteiger partial charge in [-0.15, -0.1) is 0 Å². The van der Waals surface area contributed by atoms with Gasteiger partial charge in [0.2, 0.25) is 5.91 Å². The van der Waals surface area contributed by atoms with E-state index >= 15 is 0 Å². The minimum Gasteiger partial charge on any atom is -0.383 e. The average molecular weight is 313 g/mol. The second kappa shape index (κ2) is 10.0. The molecule has 0 saturated carbocycles. The van der Waals surface area contributed by atoms with Gasteiger partial charge in [0.25, 0.3) is 0 Å². The molecule has 0 aromatic heterocycles. The maximum absolute atomic E-state index is 11.5. The second-order valence-corrected chi connectivity index (χ2v) is 4.69. The van der Waals surface area contributed by atoms with Crippen LogP contribution in [0, 0.1) is 0 Å². The molecule has 1 rings (SSSR count). The van der Waals surface area contributed by atoms with Gasteiger partial charge in [-0.3, -0.25) is 9.79 Å². The van der Waals surface area contributed by atoms with E-state index < -0.39 is 0 Å². The Balaban J connectivity index is 2.30. The molecule has 0 unspecified atom stereocenters. The molecule has 3 N–H and O–H groups in total. The van der Waals surface area contributed by atoms with E-state index in [9.17, 15) is 4.79 Å². The molecule has 0 aliphatic rings. The first-order valence-electron chi connectivity index (χ1n) is 6.60. The summed E-state index contributed by atoms with van der Waals surface area (Å²) in [6.45, 7) is 1.71. The van der Waals surface area contributed by atoms with Gasteiger partial charge in [0.05, 0.1) is 13.2 Å². The van der Waals surface area contributed by atoms with Crippen molar-refractivity contribution < 1.29 is 9.53 Å². The van der Waals surface area contributed by atoms with Crippen molar-refractivity contribution in [2.45, 2.75) is 6.54 Å². The van der Waals surface area contributed by atoms with Gasteiger partial charge in [-0.25, -0.2) is 0 Å². The number of benzene rings is 1. The predicted molar refractivity (Wildman–Crippen MR) is 84.5 cm³/mol. The van der Waals surface area contributed by atoms with Crippen LogP contribution in [0.5, 0.6) is 0 Å². The maximum Gasteiger partial charge on any atom is 0.239 e. The molecule has 0 spiro atoms. The zero-order valence-electron chi connectivity index (χ0n) is 12.3. The Hall–Kier alpha value is -1.79. The zero-order valence-corrected chi connectivity index (χ0v) is 13.0. The summed E-state index contributed by atoms with van der Waals surface area (Å²) < 4.78 is 4.85. The number of halogens is 1. The van der Waals surface area contributed by atoms with Crippen LogP contribution in [0.3, 0.4) is 0 Å². The number of carbonyl (C=O) groups is 1. The summed E-state index contributed by atoms with van der Waals surface area (Å²) in [6, 6.07) is 7.55. The summed E-state index contributed by atoms with van der Waals surface area (Å²) in [5.74, 6) is 0.439. The fourth-order valence-corrected chi connectivity index (χ4v) is 1.79. The lowest BCUT2D eigenvalue weighted by Gasteiger charge is -2.12. The number of amides is 1. The Kier molecular flexibility index (Phi) is 8.23. The molecule has 0 bridgehead atoms. The minimum absolute atomic E-state index is 0.113. The normalized spacial score (nSPS) is 11.1. The second-order valence-electron chi connectivity index (χ2n) is 4.25. The van der Waals surface area contributed by atoms with Crippen LogP contribution in [0.1, 0.15) is 5.56 Å². The lowest BCUT2D eigenvalue weighted by atomic mass is 10.2. The topological polar surface area (TPSA) is 74.8 Å². The third kappa shape index (κ3) is 7.53. The summed E-state index contributed by atoms with van der Waals surface area (Å²) in [7, 11) is 3.24. The summed E-state index contributed by atoms with van der Waals surface area (Å²) >= 11 is 5.92. The van der Waals surface area contributed by atoms with Crippen molar-refractivity contribution in [2.24, 2.45) is 4.99 Å². The average Bonchev–Trinajstić information content (AvgIpc) is 2.48. The molecular formula is C14H21ClN4O2. The number of nitrogens with zero attached hydrogens (tertiary/aromatic N) is 1. The Morgan fingerprint density at radius 2 is 2.14 bits per heavy atom. The molecule has 1 aromatic rings. The van der Waals surface area contributed by atoms with Crippen LogP contribution in [0.2, 0.25) is 5.02 Å². The number of methoxy groups -OCH3 is 1. The maximum atomic E-state index is 11.5. The molecule has 0 heterocycles. The van der Waals surface area contributed by atoms with E-state index in [0.29, 0.717) is 30.7 Å². The smallest absolute Gasteiger partial charge is 0.239 e. The van der Waals surface area contributed by atoms with Gasteiger partial charge in [-0.05, 0) is 17.7 Å². The standard InChI is InChI=1S/C14H21ClN4O2/c1-16-14(19-10-13(20)17-6-7-21-2)18-9-11-4-3-5-12(15)8-11/h3-5,8H,6-7,9-10H2,1-2H3,(H,17,20)(H2,16,18,19). The van der Waals surface area contributed by atoms with Crippen LogP contribution < -0.4 is 16.0 Å². The van der Waals surface area contributed by atoms with Crippen molar-refractivity contribution in [3.8, 4) is 0 Å². The van der Waals surface area contributed by atoms with Gasteiger partial charge in [0.1, 0.15) is 0 Å². The highest BCUT2D eigenvalue weighted by Crippen LogP contribution is 2.09.